The third-order valence-electron chi connectivity index (χ3n) is 4.73. The highest BCUT2D eigenvalue weighted by Gasteiger charge is 2.48. The Bertz CT molecular complexity index is 754. The van der Waals surface area contributed by atoms with Gasteiger partial charge in [0.05, 0.1) is 11.8 Å². The number of fused-ring (bicyclic) bond motifs is 1. The molecule has 27 heavy (non-hydrogen) atoms. The van der Waals surface area contributed by atoms with E-state index in [1.165, 1.54) is 18.2 Å². The third-order valence-corrected chi connectivity index (χ3v) is 5.17. The van der Waals surface area contributed by atoms with E-state index < -0.39 is 25.0 Å². The van der Waals surface area contributed by atoms with Crippen LogP contribution in [0.25, 0.3) is 0 Å². The van der Waals surface area contributed by atoms with Crippen LogP contribution in [-0.2, 0) is 23.9 Å². The molecule has 7 nitrogen and oxygen atoms in total. The largest absolute Gasteiger partial charge is 0.454 e. The highest BCUT2D eigenvalue weighted by atomic mass is 35.5. The van der Waals surface area contributed by atoms with Gasteiger partial charge < -0.3 is 10.1 Å². The van der Waals surface area contributed by atoms with E-state index in [2.05, 4.69) is 5.32 Å². The summed E-state index contributed by atoms with van der Waals surface area (Å²) in [5, 5.41) is 3.20. The molecule has 2 fully saturated rings. The fourth-order valence-corrected chi connectivity index (χ4v) is 4.06. The minimum absolute atomic E-state index is 0.320. The van der Waals surface area contributed by atoms with Gasteiger partial charge in [-0.25, -0.2) is 0 Å². The fraction of sp³-hybridized carbons (Fsp3) is 0.444. The monoisotopic (exact) mass is 412 g/mol. The molecule has 3 amide bonds. The fourth-order valence-electron chi connectivity index (χ4n) is 3.53. The Morgan fingerprint density at radius 1 is 1.04 bits per heavy atom. The van der Waals surface area contributed by atoms with Crippen molar-refractivity contribution in [2.75, 3.05) is 18.5 Å². The van der Waals surface area contributed by atoms with E-state index in [9.17, 15) is 19.2 Å². The molecular formula is C18H18Cl2N2O5. The van der Waals surface area contributed by atoms with Gasteiger partial charge in [0.15, 0.2) is 6.61 Å². The molecule has 144 valence electrons. The number of anilines is 1. The smallest absolute Gasteiger partial charge is 0.326 e. The number of carbonyl (C=O) groups is 4. The average Bonchev–Trinajstić information content (AvgIpc) is 2.84. The Morgan fingerprint density at radius 3 is 2.15 bits per heavy atom. The normalized spacial score (nSPS) is 21.8. The van der Waals surface area contributed by atoms with Crippen molar-refractivity contribution in [3.63, 3.8) is 0 Å². The highest BCUT2D eigenvalue weighted by molar-refractivity contribution is 6.35. The molecule has 1 saturated carbocycles. The van der Waals surface area contributed by atoms with Crippen LogP contribution in [0.15, 0.2) is 18.2 Å². The lowest BCUT2D eigenvalue weighted by Crippen LogP contribution is -2.37. The molecule has 1 aliphatic heterocycles. The number of halogens is 2. The molecule has 1 saturated heterocycles. The molecule has 1 aliphatic carbocycles. The quantitative estimate of drug-likeness (QED) is 0.592. The van der Waals surface area contributed by atoms with Gasteiger partial charge >= 0.3 is 5.97 Å². The number of likely N-dealkylation sites (tertiary alicyclic amines) is 1. The van der Waals surface area contributed by atoms with Crippen molar-refractivity contribution in [1.29, 1.82) is 0 Å². The predicted molar refractivity (Wildman–Crippen MR) is 98.2 cm³/mol. The lowest BCUT2D eigenvalue weighted by atomic mass is 9.81. The molecule has 2 aliphatic rings. The number of amides is 3. The van der Waals surface area contributed by atoms with Gasteiger partial charge in [0.1, 0.15) is 6.54 Å². The van der Waals surface area contributed by atoms with Crippen LogP contribution in [0.5, 0.6) is 0 Å². The summed E-state index contributed by atoms with van der Waals surface area (Å²) < 4.78 is 4.89. The van der Waals surface area contributed by atoms with E-state index in [0.29, 0.717) is 28.6 Å². The zero-order chi connectivity index (χ0) is 19.6. The number of benzene rings is 1. The second-order valence-electron chi connectivity index (χ2n) is 6.63. The number of hydrogen-bond acceptors (Lipinski definition) is 5. The summed E-state index contributed by atoms with van der Waals surface area (Å²) in [5.41, 5.74) is 0.363. The van der Waals surface area contributed by atoms with Crippen molar-refractivity contribution in [2.24, 2.45) is 11.8 Å². The molecule has 0 bridgehead atoms. The number of ether oxygens (including phenoxy) is 1. The minimum Gasteiger partial charge on any atom is -0.454 e. The SMILES string of the molecule is O=C(COC(=O)CN1C(=O)[C@H]2CCCC[C@H]2C1=O)Nc1cc(Cl)cc(Cl)c1. The molecule has 0 spiro atoms. The van der Waals surface area contributed by atoms with Crippen LogP contribution < -0.4 is 5.32 Å². The predicted octanol–water partition coefficient (Wildman–Crippen LogP) is 2.65. The van der Waals surface area contributed by atoms with Crippen molar-refractivity contribution in [1.82, 2.24) is 4.90 Å². The summed E-state index contributed by atoms with van der Waals surface area (Å²) in [7, 11) is 0. The van der Waals surface area contributed by atoms with Crippen LogP contribution in [0.1, 0.15) is 25.7 Å². The molecule has 9 heteroatoms. The van der Waals surface area contributed by atoms with E-state index in [-0.39, 0.29) is 23.7 Å². The van der Waals surface area contributed by atoms with Crippen LogP contribution in [-0.4, -0.2) is 41.7 Å². The van der Waals surface area contributed by atoms with Crippen molar-refractivity contribution in [2.45, 2.75) is 25.7 Å². The van der Waals surface area contributed by atoms with Gasteiger partial charge in [0.2, 0.25) is 11.8 Å². The molecule has 0 unspecified atom stereocenters. The van der Waals surface area contributed by atoms with E-state index >= 15 is 0 Å². The number of nitrogens with one attached hydrogen (secondary N) is 1. The summed E-state index contributed by atoms with van der Waals surface area (Å²) in [6, 6.07) is 4.51. The van der Waals surface area contributed by atoms with Crippen LogP contribution in [0.2, 0.25) is 10.0 Å². The van der Waals surface area contributed by atoms with Crippen LogP contribution in [0.3, 0.4) is 0 Å². The maximum Gasteiger partial charge on any atom is 0.326 e. The van der Waals surface area contributed by atoms with E-state index in [0.717, 1.165) is 17.7 Å². The zero-order valence-corrected chi connectivity index (χ0v) is 15.9. The molecule has 1 heterocycles. The number of carbonyl (C=O) groups excluding carboxylic acids is 4. The van der Waals surface area contributed by atoms with Gasteiger partial charge in [0.25, 0.3) is 5.91 Å². The number of rotatable bonds is 5. The van der Waals surface area contributed by atoms with Crippen LogP contribution in [0, 0.1) is 11.8 Å². The van der Waals surface area contributed by atoms with Crippen molar-refractivity contribution in [3.05, 3.63) is 28.2 Å². The van der Waals surface area contributed by atoms with Crippen molar-refractivity contribution in [3.8, 4) is 0 Å². The summed E-state index contributed by atoms with van der Waals surface area (Å²) in [5.74, 6) is -2.69. The lowest BCUT2D eigenvalue weighted by molar-refractivity contribution is -0.154. The zero-order valence-electron chi connectivity index (χ0n) is 14.4. The van der Waals surface area contributed by atoms with Gasteiger partial charge in [-0.1, -0.05) is 36.0 Å². The second-order valence-corrected chi connectivity index (χ2v) is 7.50. The van der Waals surface area contributed by atoms with E-state index in [4.69, 9.17) is 27.9 Å². The van der Waals surface area contributed by atoms with E-state index in [1.807, 2.05) is 0 Å². The summed E-state index contributed by atoms with van der Waals surface area (Å²) in [6.07, 6.45) is 3.16. The summed E-state index contributed by atoms with van der Waals surface area (Å²) >= 11 is 11.7. The van der Waals surface area contributed by atoms with Crippen molar-refractivity contribution >= 4 is 52.6 Å². The maximum atomic E-state index is 12.3. The van der Waals surface area contributed by atoms with Crippen LogP contribution >= 0.6 is 23.2 Å². The summed E-state index contributed by atoms with van der Waals surface area (Å²) in [4.78, 5) is 49.5. The van der Waals surface area contributed by atoms with Gasteiger partial charge in [0, 0.05) is 15.7 Å². The number of nitrogens with zero attached hydrogens (tertiary/aromatic N) is 1. The van der Waals surface area contributed by atoms with Gasteiger partial charge in [-0.15, -0.1) is 0 Å². The number of imide groups is 1. The third kappa shape index (κ3) is 4.59. The topological polar surface area (TPSA) is 92.8 Å². The highest BCUT2D eigenvalue weighted by Crippen LogP contribution is 2.37. The molecule has 3 rings (SSSR count). The number of hydrogen-bond donors (Lipinski definition) is 1. The van der Waals surface area contributed by atoms with Gasteiger partial charge in [-0.2, -0.15) is 0 Å². The van der Waals surface area contributed by atoms with Crippen LogP contribution in [0.4, 0.5) is 5.69 Å². The summed E-state index contributed by atoms with van der Waals surface area (Å²) in [6.45, 7) is -1.02. The number of esters is 1. The molecule has 0 radical (unpaired) electrons. The Labute approximate surface area is 165 Å². The van der Waals surface area contributed by atoms with Crippen molar-refractivity contribution < 1.29 is 23.9 Å². The Morgan fingerprint density at radius 2 is 1.59 bits per heavy atom. The Kier molecular flexibility index (Phi) is 6.01. The Balaban J connectivity index is 1.50. The van der Waals surface area contributed by atoms with E-state index in [1.54, 1.807) is 0 Å². The molecule has 1 aromatic carbocycles. The Hall–Kier alpha value is -2.12. The molecule has 1 aromatic rings. The molecule has 1 N–H and O–H groups in total. The first kappa shape index (κ1) is 19.6. The van der Waals surface area contributed by atoms with Gasteiger partial charge in [-0.3, -0.25) is 24.1 Å². The standard InChI is InChI=1S/C18H18Cl2N2O5/c19-10-5-11(20)7-12(6-10)21-15(23)9-27-16(24)8-22-17(25)13-3-1-2-4-14(13)18(22)26/h5-7,13-14H,1-4,8-9H2,(H,21,23)/t13-,14+. The molecule has 2 atom stereocenters. The molecule has 0 aromatic heterocycles. The first-order valence-electron chi connectivity index (χ1n) is 8.62. The molecular weight excluding hydrogens is 395 g/mol. The maximum absolute atomic E-state index is 12.3. The first-order chi connectivity index (χ1) is 12.8. The second kappa shape index (κ2) is 8.27. The lowest BCUT2D eigenvalue weighted by Gasteiger charge is -2.19. The average molecular weight is 413 g/mol. The van der Waals surface area contributed by atoms with Gasteiger partial charge in [-0.05, 0) is 31.0 Å². The minimum atomic E-state index is -0.811. The first-order valence-corrected chi connectivity index (χ1v) is 9.37.